The van der Waals surface area contributed by atoms with E-state index < -0.39 is 5.72 Å². The number of fused-ring (bicyclic) bond motifs is 2. The standard InChI is InChI=1S/C12H10BrNO2/c13-8-1-2-9-10(5-8)11(3-4-11)6-12(9,16)14-7-15/h1-2,5,16H,3-4,6H2. The molecule has 1 unspecified atom stereocenters. The molecule has 0 radical (unpaired) electrons. The third-order valence-electron chi connectivity index (χ3n) is 3.65. The van der Waals surface area contributed by atoms with E-state index in [0.29, 0.717) is 6.42 Å². The fourth-order valence-corrected chi connectivity index (χ4v) is 3.10. The predicted molar refractivity (Wildman–Crippen MR) is 61.7 cm³/mol. The Bertz CT molecular complexity index is 518. The maximum atomic E-state index is 10.4. The van der Waals surface area contributed by atoms with Crippen LogP contribution in [0.2, 0.25) is 0 Å². The van der Waals surface area contributed by atoms with E-state index in [9.17, 15) is 9.90 Å². The minimum absolute atomic E-state index is 0.0498. The number of hydrogen-bond donors (Lipinski definition) is 1. The number of rotatable bonds is 1. The molecule has 3 nitrogen and oxygen atoms in total. The largest absolute Gasteiger partial charge is 0.365 e. The quantitative estimate of drug-likeness (QED) is 0.634. The molecule has 1 saturated carbocycles. The first-order chi connectivity index (χ1) is 7.60. The van der Waals surface area contributed by atoms with Gasteiger partial charge < -0.3 is 5.11 Å². The Balaban J connectivity index is 2.23. The van der Waals surface area contributed by atoms with Gasteiger partial charge in [-0.3, -0.25) is 0 Å². The summed E-state index contributed by atoms with van der Waals surface area (Å²) in [6.07, 6.45) is 4.12. The summed E-state index contributed by atoms with van der Waals surface area (Å²) in [5, 5.41) is 10.4. The molecule has 0 aliphatic heterocycles. The molecule has 1 atom stereocenters. The third-order valence-corrected chi connectivity index (χ3v) is 4.15. The van der Waals surface area contributed by atoms with E-state index in [4.69, 9.17) is 0 Å². The van der Waals surface area contributed by atoms with Crippen molar-refractivity contribution < 1.29 is 9.90 Å². The first-order valence-corrected chi connectivity index (χ1v) is 6.01. The van der Waals surface area contributed by atoms with Crippen molar-refractivity contribution in [2.75, 3.05) is 0 Å². The molecule has 0 saturated heterocycles. The highest BCUT2D eigenvalue weighted by Gasteiger charge is 2.58. The molecule has 1 fully saturated rings. The van der Waals surface area contributed by atoms with E-state index in [-0.39, 0.29) is 5.41 Å². The molecule has 1 spiro atoms. The van der Waals surface area contributed by atoms with Crippen molar-refractivity contribution in [2.24, 2.45) is 4.99 Å². The molecule has 4 heteroatoms. The molecular weight excluding hydrogens is 270 g/mol. The lowest BCUT2D eigenvalue weighted by Gasteiger charge is -2.16. The van der Waals surface area contributed by atoms with Crippen molar-refractivity contribution in [3.8, 4) is 0 Å². The normalized spacial score (nSPS) is 28.6. The van der Waals surface area contributed by atoms with Crippen LogP contribution in [0, 0.1) is 0 Å². The van der Waals surface area contributed by atoms with Crippen molar-refractivity contribution in [3.05, 3.63) is 33.8 Å². The van der Waals surface area contributed by atoms with Crippen LogP contribution in [0.4, 0.5) is 0 Å². The fourth-order valence-electron chi connectivity index (χ4n) is 2.74. The number of carbonyl (C=O) groups excluding carboxylic acids is 1. The molecule has 1 aromatic carbocycles. The average Bonchev–Trinajstić information content (AvgIpc) is 2.93. The van der Waals surface area contributed by atoms with Crippen molar-refractivity contribution in [1.82, 2.24) is 0 Å². The highest BCUT2D eigenvalue weighted by molar-refractivity contribution is 9.10. The number of isocyanates is 1. The van der Waals surface area contributed by atoms with E-state index in [1.54, 1.807) is 0 Å². The number of halogens is 1. The van der Waals surface area contributed by atoms with Crippen LogP contribution in [-0.2, 0) is 15.9 Å². The summed E-state index contributed by atoms with van der Waals surface area (Å²) < 4.78 is 0.997. The topological polar surface area (TPSA) is 49.7 Å². The molecule has 1 N–H and O–H groups in total. The zero-order valence-corrected chi connectivity index (χ0v) is 10.1. The molecule has 0 bridgehead atoms. The Hall–Kier alpha value is -0.960. The van der Waals surface area contributed by atoms with Crippen molar-refractivity contribution in [3.63, 3.8) is 0 Å². The number of benzene rings is 1. The molecule has 82 valence electrons. The second kappa shape index (κ2) is 3.04. The molecule has 1 aromatic rings. The van der Waals surface area contributed by atoms with Gasteiger partial charge in [0, 0.05) is 21.9 Å². The minimum atomic E-state index is -1.35. The molecule has 2 aliphatic rings. The Morgan fingerprint density at radius 3 is 2.75 bits per heavy atom. The summed E-state index contributed by atoms with van der Waals surface area (Å²) in [7, 11) is 0. The van der Waals surface area contributed by atoms with Crippen LogP contribution < -0.4 is 0 Å². The van der Waals surface area contributed by atoms with Crippen LogP contribution in [0.15, 0.2) is 27.7 Å². The SMILES string of the molecule is O=C=NC1(O)CC2(CC2)c2cc(Br)ccc21. The second-order valence-corrected chi connectivity index (χ2v) is 5.58. The molecule has 3 rings (SSSR count). The van der Waals surface area contributed by atoms with E-state index in [1.807, 2.05) is 18.2 Å². The molecular formula is C12H10BrNO2. The monoisotopic (exact) mass is 279 g/mol. The highest BCUT2D eigenvalue weighted by Crippen LogP contribution is 2.62. The van der Waals surface area contributed by atoms with Gasteiger partial charge in [0.15, 0.2) is 5.72 Å². The lowest BCUT2D eigenvalue weighted by atomic mass is 9.99. The summed E-state index contributed by atoms with van der Waals surface area (Å²) >= 11 is 3.43. The van der Waals surface area contributed by atoms with Gasteiger partial charge in [-0.1, -0.05) is 22.0 Å². The van der Waals surface area contributed by atoms with Crippen LogP contribution >= 0.6 is 15.9 Å². The predicted octanol–water partition coefficient (Wildman–Crippen LogP) is 2.37. The first-order valence-electron chi connectivity index (χ1n) is 5.22. The molecule has 0 amide bonds. The summed E-state index contributed by atoms with van der Waals surface area (Å²) in [5.41, 5.74) is 0.586. The highest BCUT2D eigenvalue weighted by atomic mass is 79.9. The first kappa shape index (κ1) is 10.2. The molecule has 2 aliphatic carbocycles. The van der Waals surface area contributed by atoms with Gasteiger partial charge in [-0.05, 0) is 30.5 Å². The Labute approximate surface area is 101 Å². The van der Waals surface area contributed by atoms with Crippen LogP contribution in [0.5, 0.6) is 0 Å². The van der Waals surface area contributed by atoms with E-state index in [2.05, 4.69) is 20.9 Å². The maximum Gasteiger partial charge on any atom is 0.238 e. The second-order valence-electron chi connectivity index (χ2n) is 4.67. The smallest absolute Gasteiger partial charge is 0.238 e. The van der Waals surface area contributed by atoms with Crippen molar-refractivity contribution in [1.29, 1.82) is 0 Å². The van der Waals surface area contributed by atoms with Gasteiger partial charge >= 0.3 is 0 Å². The lowest BCUT2D eigenvalue weighted by molar-refractivity contribution is 0.0412. The number of aliphatic imine (C=N–C) groups is 1. The van der Waals surface area contributed by atoms with Gasteiger partial charge in [-0.15, -0.1) is 0 Å². The van der Waals surface area contributed by atoms with Crippen LogP contribution in [0.1, 0.15) is 30.4 Å². The van der Waals surface area contributed by atoms with E-state index >= 15 is 0 Å². The van der Waals surface area contributed by atoms with Gasteiger partial charge in [0.1, 0.15) is 0 Å². The maximum absolute atomic E-state index is 10.4. The summed E-state index contributed by atoms with van der Waals surface area (Å²) in [6, 6.07) is 5.74. The summed E-state index contributed by atoms with van der Waals surface area (Å²) in [5.74, 6) is 0. The van der Waals surface area contributed by atoms with Gasteiger partial charge in [0.2, 0.25) is 6.08 Å². The molecule has 0 aromatic heterocycles. The van der Waals surface area contributed by atoms with Crippen LogP contribution in [0.25, 0.3) is 0 Å². The molecule has 0 heterocycles. The number of aliphatic hydroxyl groups is 1. The summed E-state index contributed by atoms with van der Waals surface area (Å²) in [6.45, 7) is 0. The van der Waals surface area contributed by atoms with Gasteiger partial charge in [0.25, 0.3) is 0 Å². The summed E-state index contributed by atoms with van der Waals surface area (Å²) in [4.78, 5) is 14.0. The zero-order valence-electron chi connectivity index (χ0n) is 8.53. The Morgan fingerprint density at radius 1 is 1.38 bits per heavy atom. The minimum Gasteiger partial charge on any atom is -0.365 e. The number of hydrogen-bond acceptors (Lipinski definition) is 3. The third kappa shape index (κ3) is 1.24. The number of nitrogens with zero attached hydrogens (tertiary/aromatic N) is 1. The Kier molecular flexibility index (Phi) is 1.94. The van der Waals surface area contributed by atoms with Gasteiger partial charge in [-0.2, -0.15) is 4.99 Å². The van der Waals surface area contributed by atoms with Crippen LogP contribution in [0.3, 0.4) is 0 Å². The van der Waals surface area contributed by atoms with Gasteiger partial charge in [-0.25, -0.2) is 4.79 Å². The van der Waals surface area contributed by atoms with Crippen molar-refractivity contribution in [2.45, 2.75) is 30.4 Å². The van der Waals surface area contributed by atoms with E-state index in [0.717, 1.165) is 28.4 Å². The Morgan fingerprint density at radius 2 is 2.12 bits per heavy atom. The fraction of sp³-hybridized carbons (Fsp3) is 0.417. The van der Waals surface area contributed by atoms with Crippen molar-refractivity contribution >= 4 is 22.0 Å². The molecule has 16 heavy (non-hydrogen) atoms. The van der Waals surface area contributed by atoms with Crippen LogP contribution in [-0.4, -0.2) is 11.2 Å². The zero-order chi connectivity index (χ0) is 11.4. The van der Waals surface area contributed by atoms with Gasteiger partial charge in [0.05, 0.1) is 0 Å². The lowest BCUT2D eigenvalue weighted by Crippen LogP contribution is -2.20. The average molecular weight is 280 g/mol. The van der Waals surface area contributed by atoms with E-state index in [1.165, 1.54) is 6.08 Å².